The van der Waals surface area contributed by atoms with Crippen molar-refractivity contribution in [1.82, 2.24) is 0 Å². The van der Waals surface area contributed by atoms with Crippen LogP contribution in [0.25, 0.3) is 0 Å². The predicted octanol–water partition coefficient (Wildman–Crippen LogP) is 2.95. The maximum absolute atomic E-state index is 6.05. The molecule has 2 aliphatic heterocycles. The SMILES string of the molecule is ClC1=Nc2ccc(Br)cc2N2CCN=C12. The number of hydrogen-bond acceptors (Lipinski definition) is 3. The second kappa shape index (κ2) is 3.32. The molecule has 15 heavy (non-hydrogen) atoms. The summed E-state index contributed by atoms with van der Waals surface area (Å²) in [7, 11) is 0. The second-order valence-electron chi connectivity index (χ2n) is 3.39. The van der Waals surface area contributed by atoms with Crippen molar-refractivity contribution in [3.8, 4) is 0 Å². The topological polar surface area (TPSA) is 28.0 Å². The Hall–Kier alpha value is -0.870. The van der Waals surface area contributed by atoms with Gasteiger partial charge in [0, 0.05) is 11.0 Å². The molecule has 0 fully saturated rings. The lowest BCUT2D eigenvalue weighted by Gasteiger charge is -2.25. The lowest BCUT2D eigenvalue weighted by molar-refractivity contribution is 1.02. The van der Waals surface area contributed by atoms with Crippen molar-refractivity contribution in [3.05, 3.63) is 22.7 Å². The smallest absolute Gasteiger partial charge is 0.172 e. The number of anilines is 1. The Balaban J connectivity index is 2.23. The summed E-state index contributed by atoms with van der Waals surface area (Å²) in [5.41, 5.74) is 1.98. The number of aliphatic imine (C=N–C) groups is 2. The lowest BCUT2D eigenvalue weighted by Crippen LogP contribution is -2.33. The summed E-state index contributed by atoms with van der Waals surface area (Å²) in [6.45, 7) is 1.66. The minimum absolute atomic E-state index is 0.488. The normalized spacial score (nSPS) is 18.1. The van der Waals surface area contributed by atoms with E-state index in [1.54, 1.807) is 0 Å². The van der Waals surface area contributed by atoms with E-state index in [9.17, 15) is 0 Å². The van der Waals surface area contributed by atoms with Crippen molar-refractivity contribution in [3.63, 3.8) is 0 Å². The van der Waals surface area contributed by atoms with E-state index in [1.165, 1.54) is 0 Å². The number of fused-ring (bicyclic) bond motifs is 3. The maximum atomic E-state index is 6.05. The highest BCUT2D eigenvalue weighted by Gasteiger charge is 2.28. The van der Waals surface area contributed by atoms with Crippen LogP contribution < -0.4 is 4.90 Å². The van der Waals surface area contributed by atoms with Crippen LogP contribution in [0.4, 0.5) is 11.4 Å². The molecule has 0 aromatic heterocycles. The molecule has 0 aliphatic carbocycles. The van der Waals surface area contributed by atoms with Gasteiger partial charge in [0.25, 0.3) is 0 Å². The van der Waals surface area contributed by atoms with Crippen LogP contribution >= 0.6 is 27.5 Å². The third kappa shape index (κ3) is 1.40. The molecule has 3 rings (SSSR count). The van der Waals surface area contributed by atoms with Crippen molar-refractivity contribution in [2.24, 2.45) is 9.98 Å². The molecular formula is C10H7BrClN3. The number of benzene rings is 1. The molecular weight excluding hydrogens is 277 g/mol. The highest BCUT2D eigenvalue weighted by molar-refractivity contribution is 9.10. The summed E-state index contributed by atoms with van der Waals surface area (Å²) in [6.07, 6.45) is 0. The fraction of sp³-hybridized carbons (Fsp3) is 0.200. The fourth-order valence-corrected chi connectivity index (χ4v) is 2.42. The summed E-state index contributed by atoms with van der Waals surface area (Å²) < 4.78 is 1.04. The molecule has 2 heterocycles. The first kappa shape index (κ1) is 9.36. The monoisotopic (exact) mass is 283 g/mol. The van der Waals surface area contributed by atoms with Gasteiger partial charge in [-0.25, -0.2) is 4.99 Å². The van der Waals surface area contributed by atoms with Gasteiger partial charge in [0.2, 0.25) is 0 Å². The molecule has 0 N–H and O–H groups in total. The molecule has 76 valence electrons. The molecule has 1 aromatic carbocycles. The highest BCUT2D eigenvalue weighted by atomic mass is 79.9. The molecule has 1 aromatic rings. The summed E-state index contributed by atoms with van der Waals surface area (Å²) in [5, 5.41) is 0.488. The highest BCUT2D eigenvalue weighted by Crippen LogP contribution is 2.36. The first-order valence-corrected chi connectivity index (χ1v) is 5.79. The predicted molar refractivity (Wildman–Crippen MR) is 66.7 cm³/mol. The number of rotatable bonds is 0. The van der Waals surface area contributed by atoms with Gasteiger partial charge in [-0.3, -0.25) is 4.99 Å². The van der Waals surface area contributed by atoms with Crippen LogP contribution in [0.1, 0.15) is 0 Å². The van der Waals surface area contributed by atoms with E-state index in [0.29, 0.717) is 5.17 Å². The Kier molecular flexibility index (Phi) is 2.07. The molecule has 3 nitrogen and oxygen atoms in total. The van der Waals surface area contributed by atoms with Crippen LogP contribution in [0.15, 0.2) is 32.7 Å². The van der Waals surface area contributed by atoms with E-state index < -0.39 is 0 Å². The van der Waals surface area contributed by atoms with E-state index >= 15 is 0 Å². The van der Waals surface area contributed by atoms with Crippen LogP contribution in [0.2, 0.25) is 0 Å². The average molecular weight is 285 g/mol. The zero-order valence-electron chi connectivity index (χ0n) is 7.74. The fourth-order valence-electron chi connectivity index (χ4n) is 1.82. The van der Waals surface area contributed by atoms with Crippen molar-refractivity contribution >= 4 is 49.9 Å². The van der Waals surface area contributed by atoms with Gasteiger partial charge in [0.1, 0.15) is 0 Å². The molecule has 0 atom stereocenters. The number of amidine groups is 1. The van der Waals surface area contributed by atoms with E-state index in [1.807, 2.05) is 18.2 Å². The summed E-state index contributed by atoms with van der Waals surface area (Å²) in [5.74, 6) is 0.794. The largest absolute Gasteiger partial charge is 0.320 e. The van der Waals surface area contributed by atoms with E-state index in [4.69, 9.17) is 11.6 Å². The number of hydrogen-bond donors (Lipinski definition) is 0. The number of halogens is 2. The van der Waals surface area contributed by atoms with Crippen molar-refractivity contribution in [1.29, 1.82) is 0 Å². The van der Waals surface area contributed by atoms with E-state index in [0.717, 1.165) is 34.8 Å². The molecule has 0 spiro atoms. The Labute approximate surface area is 101 Å². The second-order valence-corrected chi connectivity index (χ2v) is 4.67. The molecule has 0 saturated heterocycles. The van der Waals surface area contributed by atoms with Crippen LogP contribution in [0, 0.1) is 0 Å². The van der Waals surface area contributed by atoms with E-state index in [2.05, 4.69) is 30.8 Å². The lowest BCUT2D eigenvalue weighted by atomic mass is 10.2. The molecule has 2 aliphatic rings. The van der Waals surface area contributed by atoms with E-state index in [-0.39, 0.29) is 0 Å². The summed E-state index contributed by atoms with van der Waals surface area (Å²) in [6, 6.07) is 5.96. The molecule has 0 unspecified atom stereocenters. The standard InChI is InChI=1S/C10H7BrClN3/c11-6-1-2-7-8(5-6)15-4-3-13-10(15)9(12)14-7/h1-2,5H,3-4H2. The third-order valence-corrected chi connectivity index (χ3v) is 3.22. The maximum Gasteiger partial charge on any atom is 0.172 e. The minimum Gasteiger partial charge on any atom is -0.320 e. The zero-order chi connectivity index (χ0) is 10.4. The minimum atomic E-state index is 0.488. The van der Waals surface area contributed by atoms with Crippen molar-refractivity contribution in [2.45, 2.75) is 0 Å². The Bertz CT molecular complexity index is 495. The first-order chi connectivity index (χ1) is 7.25. The molecule has 0 saturated carbocycles. The van der Waals surface area contributed by atoms with Gasteiger partial charge >= 0.3 is 0 Å². The third-order valence-electron chi connectivity index (χ3n) is 2.47. The zero-order valence-corrected chi connectivity index (χ0v) is 10.1. The molecule has 0 radical (unpaired) electrons. The van der Waals surface area contributed by atoms with Crippen LogP contribution in [-0.2, 0) is 0 Å². The van der Waals surface area contributed by atoms with Gasteiger partial charge in [0.15, 0.2) is 11.0 Å². The van der Waals surface area contributed by atoms with Crippen LogP contribution in [-0.4, -0.2) is 24.1 Å². The molecule has 0 amide bonds. The average Bonchev–Trinajstić information content (AvgIpc) is 2.69. The van der Waals surface area contributed by atoms with Crippen LogP contribution in [0.5, 0.6) is 0 Å². The summed E-state index contributed by atoms with van der Waals surface area (Å²) >= 11 is 9.51. The van der Waals surface area contributed by atoms with Gasteiger partial charge in [-0.15, -0.1) is 0 Å². The van der Waals surface area contributed by atoms with Gasteiger partial charge in [0.05, 0.1) is 17.9 Å². The number of nitrogens with zero attached hydrogens (tertiary/aromatic N) is 3. The van der Waals surface area contributed by atoms with Crippen molar-refractivity contribution in [2.75, 3.05) is 18.0 Å². The van der Waals surface area contributed by atoms with Gasteiger partial charge in [-0.2, -0.15) is 0 Å². The van der Waals surface area contributed by atoms with Gasteiger partial charge in [-0.05, 0) is 18.2 Å². The van der Waals surface area contributed by atoms with Crippen LogP contribution in [0.3, 0.4) is 0 Å². The Morgan fingerprint density at radius 3 is 3.13 bits per heavy atom. The van der Waals surface area contributed by atoms with Gasteiger partial charge < -0.3 is 4.90 Å². The quantitative estimate of drug-likeness (QED) is 0.720. The Morgan fingerprint density at radius 2 is 2.27 bits per heavy atom. The Morgan fingerprint density at radius 1 is 1.40 bits per heavy atom. The molecule has 0 bridgehead atoms. The molecule has 5 heteroatoms. The first-order valence-electron chi connectivity index (χ1n) is 4.62. The summed E-state index contributed by atoms with van der Waals surface area (Å²) in [4.78, 5) is 10.8. The van der Waals surface area contributed by atoms with Crippen molar-refractivity contribution < 1.29 is 0 Å². The van der Waals surface area contributed by atoms with Gasteiger partial charge in [-0.1, -0.05) is 27.5 Å².